The summed E-state index contributed by atoms with van der Waals surface area (Å²) in [7, 11) is 1.82. The van der Waals surface area contributed by atoms with Gasteiger partial charge in [-0.3, -0.25) is 9.69 Å². The van der Waals surface area contributed by atoms with Gasteiger partial charge in [-0.1, -0.05) is 78.9 Å². The zero-order valence-electron chi connectivity index (χ0n) is 21.9. The van der Waals surface area contributed by atoms with E-state index in [1.165, 1.54) is 0 Å². The topological polar surface area (TPSA) is 108 Å². The van der Waals surface area contributed by atoms with Crippen LogP contribution in [-0.2, 0) is 20.9 Å². The fourth-order valence-corrected chi connectivity index (χ4v) is 5.29. The number of aliphatic carboxylic acids is 1. The second-order valence-corrected chi connectivity index (χ2v) is 10.5. The van der Waals surface area contributed by atoms with E-state index in [0.717, 1.165) is 27.8 Å². The van der Waals surface area contributed by atoms with Crippen molar-refractivity contribution < 1.29 is 24.2 Å². The number of nitrogens with zero attached hydrogens (tertiary/aromatic N) is 1. The van der Waals surface area contributed by atoms with Gasteiger partial charge in [0.25, 0.3) is 0 Å². The summed E-state index contributed by atoms with van der Waals surface area (Å²) < 4.78 is 5.59. The van der Waals surface area contributed by atoms with Crippen LogP contribution >= 0.6 is 0 Å². The molecule has 39 heavy (non-hydrogen) atoms. The van der Waals surface area contributed by atoms with Crippen molar-refractivity contribution in [3.05, 3.63) is 95.6 Å². The molecule has 1 saturated carbocycles. The Balaban J connectivity index is 1.12. The SMILES string of the molecule is CN(Cc1ccccc1)CC(NC(=O)C1(CNC(=O)OCC2c3ccccc3-c3ccccc32)CC1)C(=O)O. The van der Waals surface area contributed by atoms with E-state index in [1.54, 1.807) is 0 Å². The maximum Gasteiger partial charge on any atom is 0.407 e. The van der Waals surface area contributed by atoms with E-state index in [4.69, 9.17) is 4.74 Å². The first-order valence-electron chi connectivity index (χ1n) is 13.2. The number of ether oxygens (including phenoxy) is 1. The second kappa shape index (κ2) is 11.3. The zero-order valence-corrected chi connectivity index (χ0v) is 21.9. The van der Waals surface area contributed by atoms with Crippen molar-refractivity contribution >= 4 is 18.0 Å². The van der Waals surface area contributed by atoms with Gasteiger partial charge in [0.05, 0.1) is 5.41 Å². The molecule has 0 aliphatic heterocycles. The molecule has 0 saturated heterocycles. The largest absolute Gasteiger partial charge is 0.480 e. The van der Waals surface area contributed by atoms with Crippen LogP contribution in [0.15, 0.2) is 78.9 Å². The molecule has 2 aliphatic carbocycles. The maximum atomic E-state index is 13.1. The number of carboxylic acid groups (broad SMARTS) is 1. The van der Waals surface area contributed by atoms with Gasteiger partial charge in [0, 0.05) is 25.6 Å². The summed E-state index contributed by atoms with van der Waals surface area (Å²) in [4.78, 5) is 39.4. The van der Waals surface area contributed by atoms with Crippen molar-refractivity contribution in [2.75, 3.05) is 26.7 Å². The number of amides is 2. The van der Waals surface area contributed by atoms with E-state index in [-0.39, 0.29) is 31.5 Å². The lowest BCUT2D eigenvalue weighted by molar-refractivity contribution is -0.143. The van der Waals surface area contributed by atoms with Crippen molar-refractivity contribution in [2.45, 2.75) is 31.3 Å². The number of rotatable bonds is 11. The van der Waals surface area contributed by atoms with E-state index in [0.29, 0.717) is 19.4 Å². The van der Waals surface area contributed by atoms with Gasteiger partial charge in [0.1, 0.15) is 12.6 Å². The minimum absolute atomic E-state index is 0.0504. The standard InChI is InChI=1S/C31H33N3O5/c1-34(17-21-9-3-2-4-10-21)18-27(28(35)36)33-29(37)31(15-16-31)20-32-30(38)39-19-26-24-13-7-5-11-22(24)23-12-6-8-14-25(23)26/h2-14,26-27H,15-20H2,1H3,(H,32,38)(H,33,37)(H,35,36). The third-order valence-corrected chi connectivity index (χ3v) is 7.64. The average molecular weight is 528 g/mol. The summed E-state index contributed by atoms with van der Waals surface area (Å²) in [5.74, 6) is -1.50. The molecule has 1 atom stereocenters. The highest BCUT2D eigenvalue weighted by atomic mass is 16.5. The molecular formula is C31H33N3O5. The maximum absolute atomic E-state index is 13.1. The highest BCUT2D eigenvalue weighted by molar-refractivity contribution is 5.90. The first-order chi connectivity index (χ1) is 18.9. The molecule has 3 aromatic carbocycles. The predicted molar refractivity (Wildman–Crippen MR) is 147 cm³/mol. The Hall–Kier alpha value is -4.17. The van der Waals surface area contributed by atoms with Crippen molar-refractivity contribution in [1.82, 2.24) is 15.5 Å². The number of nitrogens with one attached hydrogen (secondary N) is 2. The Morgan fingerprint density at radius 3 is 2.13 bits per heavy atom. The van der Waals surface area contributed by atoms with Crippen LogP contribution in [0.1, 0.15) is 35.4 Å². The van der Waals surface area contributed by atoms with Crippen LogP contribution in [0.3, 0.4) is 0 Å². The number of alkyl carbamates (subject to hydrolysis) is 1. The van der Waals surface area contributed by atoms with E-state index < -0.39 is 23.5 Å². The number of carbonyl (C=O) groups is 3. The van der Waals surface area contributed by atoms with Crippen molar-refractivity contribution in [2.24, 2.45) is 5.41 Å². The smallest absolute Gasteiger partial charge is 0.407 e. The van der Waals surface area contributed by atoms with Crippen LogP contribution < -0.4 is 10.6 Å². The van der Waals surface area contributed by atoms with Crippen LogP contribution in [0.25, 0.3) is 11.1 Å². The summed E-state index contributed by atoms with van der Waals surface area (Å²) >= 11 is 0. The lowest BCUT2D eigenvalue weighted by Gasteiger charge is -2.24. The van der Waals surface area contributed by atoms with Crippen LogP contribution in [0.4, 0.5) is 4.79 Å². The molecule has 1 fully saturated rings. The fraction of sp³-hybridized carbons (Fsp3) is 0.323. The molecule has 3 aromatic rings. The van der Waals surface area contributed by atoms with Gasteiger partial charge >= 0.3 is 12.1 Å². The van der Waals surface area contributed by atoms with Crippen molar-refractivity contribution in [1.29, 1.82) is 0 Å². The van der Waals surface area contributed by atoms with E-state index in [2.05, 4.69) is 34.9 Å². The average Bonchev–Trinajstić information content (AvgIpc) is 3.67. The highest BCUT2D eigenvalue weighted by Gasteiger charge is 2.51. The number of benzene rings is 3. The monoisotopic (exact) mass is 527 g/mol. The summed E-state index contributed by atoms with van der Waals surface area (Å²) in [5, 5.41) is 15.1. The Bertz CT molecular complexity index is 1310. The molecule has 3 N–H and O–H groups in total. The Kier molecular flexibility index (Phi) is 7.65. The van der Waals surface area contributed by atoms with Gasteiger partial charge in [-0.2, -0.15) is 0 Å². The van der Waals surface area contributed by atoms with E-state index >= 15 is 0 Å². The highest BCUT2D eigenvalue weighted by Crippen LogP contribution is 2.46. The minimum Gasteiger partial charge on any atom is -0.480 e. The van der Waals surface area contributed by atoms with Gasteiger partial charge in [0.2, 0.25) is 5.91 Å². The molecule has 1 unspecified atom stereocenters. The lowest BCUT2D eigenvalue weighted by Crippen LogP contribution is -2.51. The lowest BCUT2D eigenvalue weighted by atomic mass is 9.98. The van der Waals surface area contributed by atoms with Crippen LogP contribution in [-0.4, -0.2) is 60.8 Å². The number of hydrogen-bond donors (Lipinski definition) is 3. The quantitative estimate of drug-likeness (QED) is 0.348. The molecule has 0 radical (unpaired) electrons. The molecule has 8 nitrogen and oxygen atoms in total. The van der Waals surface area contributed by atoms with Crippen molar-refractivity contribution in [3.63, 3.8) is 0 Å². The van der Waals surface area contributed by atoms with Gasteiger partial charge in [0.15, 0.2) is 0 Å². The molecule has 0 aromatic heterocycles. The fourth-order valence-electron chi connectivity index (χ4n) is 5.29. The van der Waals surface area contributed by atoms with Crippen LogP contribution in [0.2, 0.25) is 0 Å². The third-order valence-electron chi connectivity index (χ3n) is 7.64. The molecule has 0 heterocycles. The molecule has 2 amide bonds. The number of carbonyl (C=O) groups excluding carboxylic acids is 2. The molecule has 2 aliphatic rings. The minimum atomic E-state index is -1.09. The van der Waals surface area contributed by atoms with Crippen molar-refractivity contribution in [3.8, 4) is 11.1 Å². The molecule has 202 valence electrons. The third kappa shape index (κ3) is 5.96. The second-order valence-electron chi connectivity index (χ2n) is 10.5. The molecule has 0 bridgehead atoms. The molecule has 8 heteroatoms. The Labute approximate surface area is 228 Å². The molecule has 0 spiro atoms. The zero-order chi connectivity index (χ0) is 27.4. The summed E-state index contributed by atoms with van der Waals surface area (Å²) in [6.07, 6.45) is 0.567. The Morgan fingerprint density at radius 2 is 1.54 bits per heavy atom. The summed E-state index contributed by atoms with van der Waals surface area (Å²) in [6.45, 7) is 1.01. The molecular weight excluding hydrogens is 494 g/mol. The van der Waals surface area contributed by atoms with Crippen LogP contribution in [0.5, 0.6) is 0 Å². The van der Waals surface area contributed by atoms with E-state index in [1.807, 2.05) is 66.5 Å². The number of hydrogen-bond acceptors (Lipinski definition) is 5. The number of fused-ring (bicyclic) bond motifs is 3. The van der Waals surface area contributed by atoms with Gasteiger partial charge < -0.3 is 20.5 Å². The summed E-state index contributed by atoms with van der Waals surface area (Å²) in [5.41, 5.74) is 4.80. The van der Waals surface area contributed by atoms with Crippen LogP contribution in [0, 0.1) is 5.41 Å². The van der Waals surface area contributed by atoms with Gasteiger partial charge in [-0.25, -0.2) is 9.59 Å². The normalized spacial score (nSPS) is 15.6. The first kappa shape index (κ1) is 26.4. The number of likely N-dealkylation sites (N-methyl/N-ethyl adjacent to an activating group) is 1. The first-order valence-corrected chi connectivity index (χ1v) is 13.2. The number of carboxylic acids is 1. The van der Waals surface area contributed by atoms with Gasteiger partial charge in [-0.05, 0) is 47.7 Å². The predicted octanol–water partition coefficient (Wildman–Crippen LogP) is 4.01. The Morgan fingerprint density at radius 1 is 0.949 bits per heavy atom. The van der Waals surface area contributed by atoms with E-state index in [9.17, 15) is 19.5 Å². The van der Waals surface area contributed by atoms with Gasteiger partial charge in [-0.15, -0.1) is 0 Å². The molecule has 5 rings (SSSR count). The summed E-state index contributed by atoms with van der Waals surface area (Å²) in [6, 6.07) is 24.9.